The summed E-state index contributed by atoms with van der Waals surface area (Å²) in [6.07, 6.45) is 6.84. The summed E-state index contributed by atoms with van der Waals surface area (Å²) in [5.41, 5.74) is 2.78. The van der Waals surface area contributed by atoms with Crippen LogP contribution in [0.3, 0.4) is 0 Å². The molecule has 0 fully saturated rings. The van der Waals surface area contributed by atoms with Crippen molar-refractivity contribution >= 4 is 53.5 Å². The summed E-state index contributed by atoms with van der Waals surface area (Å²) < 4.78 is 5.33. The molecule has 13 nitrogen and oxygen atoms in total. The highest BCUT2D eigenvalue weighted by Gasteiger charge is 2.20. The van der Waals surface area contributed by atoms with Gasteiger partial charge in [0.2, 0.25) is 11.8 Å². The molecular formula is C26H27ClN8O5S. The van der Waals surface area contributed by atoms with Crippen molar-refractivity contribution in [2.75, 3.05) is 17.6 Å². The van der Waals surface area contributed by atoms with Crippen molar-refractivity contribution in [1.82, 2.24) is 36.1 Å². The monoisotopic (exact) mass is 598 g/mol. The smallest absolute Gasteiger partial charge is 0.267 e. The number of carbonyl (C=O) groups is 4. The van der Waals surface area contributed by atoms with Crippen LogP contribution >= 0.6 is 24.2 Å². The van der Waals surface area contributed by atoms with Gasteiger partial charge in [0, 0.05) is 60.7 Å². The van der Waals surface area contributed by atoms with Gasteiger partial charge in [-0.2, -0.15) is 12.6 Å². The van der Waals surface area contributed by atoms with Crippen LogP contribution in [0.2, 0.25) is 5.02 Å². The van der Waals surface area contributed by atoms with E-state index in [2.05, 4.69) is 54.0 Å². The normalized spacial score (nSPS) is 11.5. The Balaban J connectivity index is 1.35. The first-order valence-electron chi connectivity index (χ1n) is 12.4. The van der Waals surface area contributed by atoms with Crippen molar-refractivity contribution in [3.05, 3.63) is 76.7 Å². The summed E-state index contributed by atoms with van der Waals surface area (Å²) in [6.45, 7) is 1.81. The largest absolute Gasteiger partial charge is 0.356 e. The number of rotatable bonds is 12. The second-order valence-corrected chi connectivity index (χ2v) is 9.62. The first kappa shape index (κ1) is 29.4. The van der Waals surface area contributed by atoms with Crippen molar-refractivity contribution < 1.29 is 23.7 Å². The van der Waals surface area contributed by atoms with E-state index < -0.39 is 17.9 Å². The van der Waals surface area contributed by atoms with Crippen LogP contribution in [-0.4, -0.2) is 62.1 Å². The molecule has 214 valence electrons. The molecule has 0 aliphatic heterocycles. The zero-order valence-electron chi connectivity index (χ0n) is 21.8. The number of nitrogens with zero attached hydrogens (tertiary/aromatic N) is 2. The van der Waals surface area contributed by atoms with Crippen LogP contribution in [0.4, 0.5) is 5.69 Å². The Kier molecular flexibility index (Phi) is 9.81. The van der Waals surface area contributed by atoms with E-state index in [9.17, 15) is 19.2 Å². The number of halogens is 1. The zero-order chi connectivity index (χ0) is 29.4. The molecule has 0 unspecified atom stereocenters. The lowest BCUT2D eigenvalue weighted by atomic mass is 10.1. The molecular weight excluding hydrogens is 572 g/mol. The number of H-pyrrole nitrogens is 2. The van der Waals surface area contributed by atoms with E-state index in [4.69, 9.17) is 16.1 Å². The minimum atomic E-state index is -0.782. The van der Waals surface area contributed by atoms with Gasteiger partial charge in [-0.25, -0.2) is 4.98 Å². The molecule has 0 radical (unpaired) electrons. The van der Waals surface area contributed by atoms with E-state index in [1.807, 2.05) is 0 Å². The summed E-state index contributed by atoms with van der Waals surface area (Å²) in [5, 5.41) is 14.8. The lowest BCUT2D eigenvalue weighted by molar-refractivity contribution is -0.127. The van der Waals surface area contributed by atoms with Gasteiger partial charge in [0.15, 0.2) is 5.76 Å². The Morgan fingerprint density at radius 3 is 2.66 bits per heavy atom. The van der Waals surface area contributed by atoms with Crippen LogP contribution in [0.5, 0.6) is 0 Å². The standard InChI is InChI=1S/C26H27ClN8O5S/c1-14(36)34-22(12-41)26(39)31-8-16-3-2-15(6-19(16)27)24(37)35-21-11-33-40-23(21)17-7-20(30-9-17)25(38)29-5-4-18-10-28-13-32-18/h2-3,6-7,9-11,13,22,30,41H,4-5,8,12H2,1H3,(H,28,32)(H,29,38)(H,31,39)(H,34,36)(H,35,37)/t22-/m0/s1. The molecule has 4 aromatic rings. The van der Waals surface area contributed by atoms with E-state index in [1.165, 1.54) is 19.2 Å². The van der Waals surface area contributed by atoms with Crippen molar-refractivity contribution in [1.29, 1.82) is 0 Å². The Labute approximate surface area is 244 Å². The molecule has 1 aromatic carbocycles. The molecule has 4 rings (SSSR count). The number of aromatic amines is 2. The fourth-order valence-electron chi connectivity index (χ4n) is 3.79. The van der Waals surface area contributed by atoms with Gasteiger partial charge in [-0.1, -0.05) is 22.8 Å². The van der Waals surface area contributed by atoms with Crippen molar-refractivity contribution in [3.63, 3.8) is 0 Å². The van der Waals surface area contributed by atoms with Gasteiger partial charge in [0.05, 0.1) is 18.2 Å². The quantitative estimate of drug-likeness (QED) is 0.122. The Bertz CT molecular complexity index is 1530. The lowest BCUT2D eigenvalue weighted by Crippen LogP contribution is -2.47. The minimum Gasteiger partial charge on any atom is -0.356 e. The van der Waals surface area contributed by atoms with Crippen molar-refractivity contribution in [2.45, 2.75) is 25.9 Å². The number of anilines is 1. The highest BCUT2D eigenvalue weighted by molar-refractivity contribution is 7.80. The number of aromatic nitrogens is 4. The van der Waals surface area contributed by atoms with E-state index in [1.54, 1.807) is 36.9 Å². The first-order valence-corrected chi connectivity index (χ1v) is 13.4. The van der Waals surface area contributed by atoms with Crippen LogP contribution in [0, 0.1) is 0 Å². The number of carbonyl (C=O) groups excluding carboxylic acids is 4. The number of amides is 4. The fraction of sp³-hybridized carbons (Fsp3) is 0.231. The van der Waals surface area contributed by atoms with Crippen LogP contribution in [0.15, 0.2) is 53.7 Å². The Morgan fingerprint density at radius 1 is 1.12 bits per heavy atom. The van der Waals surface area contributed by atoms with Gasteiger partial charge in [-0.15, -0.1) is 0 Å². The van der Waals surface area contributed by atoms with Crippen LogP contribution in [-0.2, 0) is 22.6 Å². The van der Waals surface area contributed by atoms with E-state index in [0.29, 0.717) is 35.5 Å². The van der Waals surface area contributed by atoms with Gasteiger partial charge in [-0.3, -0.25) is 19.2 Å². The third kappa shape index (κ3) is 7.77. The van der Waals surface area contributed by atoms with Crippen LogP contribution in [0.1, 0.15) is 39.0 Å². The minimum absolute atomic E-state index is 0.0889. The summed E-state index contributed by atoms with van der Waals surface area (Å²) in [6, 6.07) is 5.45. The second kappa shape index (κ2) is 13.7. The summed E-state index contributed by atoms with van der Waals surface area (Å²) in [4.78, 5) is 58.9. The predicted octanol–water partition coefficient (Wildman–Crippen LogP) is 2.32. The molecule has 0 spiro atoms. The number of thiol groups is 1. The molecule has 4 amide bonds. The summed E-state index contributed by atoms with van der Waals surface area (Å²) >= 11 is 10.5. The fourth-order valence-corrected chi connectivity index (χ4v) is 4.30. The van der Waals surface area contributed by atoms with E-state index in [-0.39, 0.29) is 40.5 Å². The molecule has 6 N–H and O–H groups in total. The molecule has 3 heterocycles. The van der Waals surface area contributed by atoms with E-state index >= 15 is 0 Å². The molecule has 41 heavy (non-hydrogen) atoms. The van der Waals surface area contributed by atoms with Gasteiger partial charge in [0.1, 0.15) is 17.4 Å². The average Bonchev–Trinajstić information content (AvgIpc) is 3.73. The van der Waals surface area contributed by atoms with Gasteiger partial charge in [0.25, 0.3) is 11.8 Å². The van der Waals surface area contributed by atoms with Gasteiger partial charge in [-0.05, 0) is 23.8 Å². The molecule has 0 aliphatic carbocycles. The number of hydrogen-bond donors (Lipinski definition) is 7. The predicted molar refractivity (Wildman–Crippen MR) is 154 cm³/mol. The highest BCUT2D eigenvalue weighted by Crippen LogP contribution is 2.29. The lowest BCUT2D eigenvalue weighted by Gasteiger charge is -2.16. The number of nitrogens with one attached hydrogen (secondary N) is 6. The SMILES string of the molecule is CC(=O)N[C@@H](CS)C(=O)NCc1ccc(C(=O)Nc2cnoc2-c2c[nH]c(C(=O)NCCc3c[nH]cn3)c2)cc1Cl. The van der Waals surface area contributed by atoms with E-state index in [0.717, 1.165) is 5.69 Å². The molecule has 1 atom stereocenters. The molecule has 0 saturated carbocycles. The molecule has 0 bridgehead atoms. The molecule has 0 saturated heterocycles. The summed E-state index contributed by atoms with van der Waals surface area (Å²) in [7, 11) is 0. The maximum atomic E-state index is 12.9. The Morgan fingerprint density at radius 2 is 1.95 bits per heavy atom. The van der Waals surface area contributed by atoms with Crippen LogP contribution < -0.4 is 21.3 Å². The van der Waals surface area contributed by atoms with Crippen molar-refractivity contribution in [3.8, 4) is 11.3 Å². The van der Waals surface area contributed by atoms with Crippen LogP contribution in [0.25, 0.3) is 11.3 Å². The summed E-state index contributed by atoms with van der Waals surface area (Å²) in [5.74, 6) is -1.14. The Hall–Kier alpha value is -4.56. The third-order valence-electron chi connectivity index (χ3n) is 5.87. The maximum Gasteiger partial charge on any atom is 0.267 e. The maximum absolute atomic E-state index is 12.9. The number of benzene rings is 1. The second-order valence-electron chi connectivity index (χ2n) is 8.85. The number of imidazole rings is 1. The third-order valence-corrected chi connectivity index (χ3v) is 6.59. The number of hydrogen-bond acceptors (Lipinski definition) is 8. The molecule has 3 aromatic heterocycles. The van der Waals surface area contributed by atoms with Crippen molar-refractivity contribution in [2.24, 2.45) is 0 Å². The topological polar surface area (TPSA) is 187 Å². The highest BCUT2D eigenvalue weighted by atomic mass is 35.5. The zero-order valence-corrected chi connectivity index (χ0v) is 23.4. The molecule has 0 aliphatic rings. The first-order chi connectivity index (χ1) is 19.7. The van der Waals surface area contributed by atoms with Gasteiger partial charge >= 0.3 is 0 Å². The van der Waals surface area contributed by atoms with Gasteiger partial charge < -0.3 is 35.8 Å². The average molecular weight is 599 g/mol. The molecule has 15 heteroatoms.